The molecule has 0 fully saturated rings. The minimum Gasteiger partial charge on any atom is -0.478 e. The largest absolute Gasteiger partial charge is 0.478 e. The van der Waals surface area contributed by atoms with Gasteiger partial charge in [-0.2, -0.15) is 0 Å². The van der Waals surface area contributed by atoms with Crippen LogP contribution in [0.3, 0.4) is 0 Å². The first-order valence-electron chi connectivity index (χ1n) is 6.38. The Hall–Kier alpha value is -1.76. The van der Waals surface area contributed by atoms with E-state index in [1.165, 1.54) is 6.07 Å². The summed E-state index contributed by atoms with van der Waals surface area (Å²) in [6.45, 7) is 5.60. The highest BCUT2D eigenvalue weighted by Crippen LogP contribution is 2.14. The number of nitrogens with one attached hydrogen (secondary N) is 1. The molecule has 0 bridgehead atoms. The van der Waals surface area contributed by atoms with Gasteiger partial charge in [-0.1, -0.05) is 6.92 Å². The molecule has 1 rings (SSSR count). The van der Waals surface area contributed by atoms with Crippen LogP contribution in [-0.2, 0) is 15.6 Å². The Kier molecular flexibility index (Phi) is 5.60. The van der Waals surface area contributed by atoms with Gasteiger partial charge in [-0.25, -0.2) is 9.18 Å². The van der Waals surface area contributed by atoms with Crippen molar-refractivity contribution in [2.75, 3.05) is 5.75 Å². The second kappa shape index (κ2) is 6.80. The van der Waals surface area contributed by atoms with Gasteiger partial charge in [-0.3, -0.25) is 9.00 Å². The first-order valence-corrected chi connectivity index (χ1v) is 7.70. The summed E-state index contributed by atoms with van der Waals surface area (Å²) < 4.78 is 25.3. The number of carboxylic acids is 1. The molecular formula is C14H18FNO4S. The molecule has 0 aliphatic heterocycles. The van der Waals surface area contributed by atoms with Gasteiger partial charge in [0, 0.05) is 10.4 Å². The highest BCUT2D eigenvalue weighted by molar-refractivity contribution is 7.85. The van der Waals surface area contributed by atoms with Crippen LogP contribution in [0.15, 0.2) is 23.1 Å². The van der Waals surface area contributed by atoms with Gasteiger partial charge in [0.25, 0.3) is 0 Å². The second-order valence-corrected chi connectivity index (χ2v) is 6.67. The normalized spacial score (nSPS) is 12.8. The molecule has 0 saturated carbocycles. The number of hydrogen-bond acceptors (Lipinski definition) is 3. The van der Waals surface area contributed by atoms with Gasteiger partial charge >= 0.3 is 5.97 Å². The molecular weight excluding hydrogens is 297 g/mol. The summed E-state index contributed by atoms with van der Waals surface area (Å²) in [5, 5.41) is 11.6. The molecule has 2 N–H and O–H groups in total. The van der Waals surface area contributed by atoms with Crippen molar-refractivity contribution in [1.82, 2.24) is 5.32 Å². The number of rotatable bonds is 6. The van der Waals surface area contributed by atoms with Crippen LogP contribution in [0.25, 0.3) is 0 Å². The molecule has 1 atom stereocenters. The minimum atomic E-state index is -1.73. The standard InChI is InChI=1S/C14H18FNO4S/c1-4-14(2,3)16-12(17)8-21(20)9-5-6-11(15)10(7-9)13(18)19/h5-7H,4,8H2,1-3H3,(H,16,17)(H,18,19). The van der Waals surface area contributed by atoms with Crippen LogP contribution in [0.1, 0.15) is 37.6 Å². The lowest BCUT2D eigenvalue weighted by Gasteiger charge is -2.24. The quantitative estimate of drug-likeness (QED) is 0.840. The molecule has 0 heterocycles. The van der Waals surface area contributed by atoms with E-state index in [0.717, 1.165) is 12.1 Å². The monoisotopic (exact) mass is 315 g/mol. The fraction of sp³-hybridized carbons (Fsp3) is 0.429. The maximum Gasteiger partial charge on any atom is 0.338 e. The average Bonchev–Trinajstić information content (AvgIpc) is 2.37. The van der Waals surface area contributed by atoms with E-state index in [9.17, 15) is 18.2 Å². The van der Waals surface area contributed by atoms with Crippen LogP contribution in [0.4, 0.5) is 4.39 Å². The smallest absolute Gasteiger partial charge is 0.338 e. The number of carbonyl (C=O) groups is 2. The second-order valence-electron chi connectivity index (χ2n) is 5.22. The Morgan fingerprint density at radius 2 is 2.00 bits per heavy atom. The lowest BCUT2D eigenvalue weighted by atomic mass is 10.0. The van der Waals surface area contributed by atoms with Crippen molar-refractivity contribution in [3.8, 4) is 0 Å². The van der Waals surface area contributed by atoms with Gasteiger partial charge in [0.05, 0.1) is 16.4 Å². The molecule has 0 saturated heterocycles. The number of carboxylic acid groups (broad SMARTS) is 1. The Bertz CT molecular complexity index is 586. The number of benzene rings is 1. The van der Waals surface area contributed by atoms with Crippen LogP contribution < -0.4 is 5.32 Å². The lowest BCUT2D eigenvalue weighted by Crippen LogP contribution is -2.44. The number of halogens is 1. The summed E-state index contributed by atoms with van der Waals surface area (Å²) in [6, 6.07) is 3.15. The number of carbonyl (C=O) groups excluding carboxylic acids is 1. The molecule has 7 heteroatoms. The van der Waals surface area contributed by atoms with E-state index in [-0.39, 0.29) is 10.6 Å². The van der Waals surface area contributed by atoms with Crippen molar-refractivity contribution in [1.29, 1.82) is 0 Å². The molecule has 0 aromatic heterocycles. The summed E-state index contributed by atoms with van der Waals surface area (Å²) in [5.74, 6) is -3.04. The fourth-order valence-corrected chi connectivity index (χ4v) is 2.46. The third-order valence-corrected chi connectivity index (χ3v) is 4.36. The van der Waals surface area contributed by atoms with E-state index in [1.807, 2.05) is 20.8 Å². The highest BCUT2D eigenvalue weighted by Gasteiger charge is 2.20. The molecule has 1 aromatic carbocycles. The van der Waals surface area contributed by atoms with E-state index in [0.29, 0.717) is 6.42 Å². The summed E-state index contributed by atoms with van der Waals surface area (Å²) in [4.78, 5) is 22.7. The summed E-state index contributed by atoms with van der Waals surface area (Å²) >= 11 is 0. The number of hydrogen-bond donors (Lipinski definition) is 2. The Balaban J connectivity index is 2.83. The molecule has 0 aliphatic rings. The number of amides is 1. The molecule has 0 spiro atoms. The van der Waals surface area contributed by atoms with Crippen LogP contribution >= 0.6 is 0 Å². The van der Waals surface area contributed by atoms with Gasteiger partial charge in [-0.15, -0.1) is 0 Å². The molecule has 1 aromatic rings. The summed E-state index contributed by atoms with van der Waals surface area (Å²) in [6.07, 6.45) is 0.713. The Labute approximate surface area is 125 Å². The Morgan fingerprint density at radius 1 is 1.38 bits per heavy atom. The highest BCUT2D eigenvalue weighted by atomic mass is 32.2. The molecule has 1 unspecified atom stereocenters. The van der Waals surface area contributed by atoms with Crippen LogP contribution in [-0.4, -0.2) is 32.5 Å². The van der Waals surface area contributed by atoms with Crippen LogP contribution in [0.5, 0.6) is 0 Å². The van der Waals surface area contributed by atoms with Gasteiger partial charge in [0.1, 0.15) is 11.6 Å². The minimum absolute atomic E-state index is 0.109. The van der Waals surface area contributed by atoms with Gasteiger partial charge < -0.3 is 10.4 Å². The summed E-state index contributed by atoms with van der Waals surface area (Å²) in [5.41, 5.74) is -0.966. The van der Waals surface area contributed by atoms with Crippen LogP contribution in [0.2, 0.25) is 0 Å². The zero-order valence-corrected chi connectivity index (χ0v) is 12.9. The molecule has 116 valence electrons. The van der Waals surface area contributed by atoms with Crippen molar-refractivity contribution in [2.24, 2.45) is 0 Å². The lowest BCUT2D eigenvalue weighted by molar-refractivity contribution is -0.120. The van der Waals surface area contributed by atoms with E-state index in [2.05, 4.69) is 5.32 Å². The predicted octanol–water partition coefficient (Wildman–Crippen LogP) is 1.94. The maximum atomic E-state index is 13.3. The van der Waals surface area contributed by atoms with Crippen molar-refractivity contribution in [2.45, 2.75) is 37.6 Å². The number of aromatic carboxylic acids is 1. The fourth-order valence-electron chi connectivity index (χ4n) is 1.51. The third-order valence-electron chi connectivity index (χ3n) is 3.06. The first-order chi connectivity index (χ1) is 9.66. The maximum absolute atomic E-state index is 13.3. The topological polar surface area (TPSA) is 83.5 Å². The van der Waals surface area contributed by atoms with E-state index < -0.39 is 39.6 Å². The van der Waals surface area contributed by atoms with Crippen LogP contribution in [0, 0.1) is 5.82 Å². The molecule has 5 nitrogen and oxygen atoms in total. The molecule has 0 radical (unpaired) electrons. The summed E-state index contributed by atoms with van der Waals surface area (Å²) in [7, 11) is -1.73. The zero-order valence-electron chi connectivity index (χ0n) is 12.1. The van der Waals surface area contributed by atoms with Crippen molar-refractivity contribution < 1.29 is 23.3 Å². The first kappa shape index (κ1) is 17.3. The van der Waals surface area contributed by atoms with Gasteiger partial charge in [0.15, 0.2) is 0 Å². The molecule has 1 amide bonds. The SMILES string of the molecule is CCC(C)(C)NC(=O)CS(=O)c1ccc(F)c(C(=O)O)c1. The average molecular weight is 315 g/mol. The van der Waals surface area contributed by atoms with Crippen molar-refractivity contribution in [3.63, 3.8) is 0 Å². The third kappa shape index (κ3) is 4.93. The van der Waals surface area contributed by atoms with Crippen molar-refractivity contribution >= 4 is 22.7 Å². The zero-order chi connectivity index (χ0) is 16.2. The van der Waals surface area contributed by atoms with E-state index in [4.69, 9.17) is 5.11 Å². The molecule has 0 aliphatic carbocycles. The van der Waals surface area contributed by atoms with Gasteiger partial charge in [0.2, 0.25) is 5.91 Å². The molecule has 21 heavy (non-hydrogen) atoms. The van der Waals surface area contributed by atoms with Crippen molar-refractivity contribution in [3.05, 3.63) is 29.6 Å². The van der Waals surface area contributed by atoms with E-state index in [1.54, 1.807) is 0 Å². The predicted molar refractivity (Wildman–Crippen MR) is 77.1 cm³/mol. The Morgan fingerprint density at radius 3 is 2.52 bits per heavy atom. The van der Waals surface area contributed by atoms with E-state index >= 15 is 0 Å². The van der Waals surface area contributed by atoms with Gasteiger partial charge in [-0.05, 0) is 38.5 Å².